The third-order valence-corrected chi connectivity index (χ3v) is 3.49. The van der Waals surface area contributed by atoms with Gasteiger partial charge in [0.1, 0.15) is 0 Å². The average Bonchev–Trinajstić information content (AvgIpc) is 2.27. The van der Waals surface area contributed by atoms with Gasteiger partial charge in [0.05, 0.1) is 0 Å². The Hall–Kier alpha value is -0.0400. The van der Waals surface area contributed by atoms with E-state index in [0.29, 0.717) is 12.5 Å². The second-order valence-electron chi connectivity index (χ2n) is 4.37. The van der Waals surface area contributed by atoms with Gasteiger partial charge in [-0.1, -0.05) is 33.1 Å². The standard InChI is InChI=1S/C11H22O/c1-3-10-6-4-9(2)5-7-11(10)8-12/h9-12H,3-8H2,1-2H3. The molecule has 0 spiro atoms. The fourth-order valence-corrected chi connectivity index (χ4v) is 2.39. The average molecular weight is 170 g/mol. The number of aliphatic hydroxyl groups is 1. The van der Waals surface area contributed by atoms with E-state index < -0.39 is 0 Å². The van der Waals surface area contributed by atoms with Crippen LogP contribution >= 0.6 is 0 Å². The van der Waals surface area contributed by atoms with Crippen molar-refractivity contribution < 1.29 is 5.11 Å². The van der Waals surface area contributed by atoms with Crippen LogP contribution in [0, 0.1) is 17.8 Å². The van der Waals surface area contributed by atoms with Crippen molar-refractivity contribution in [2.75, 3.05) is 6.61 Å². The second kappa shape index (κ2) is 4.86. The van der Waals surface area contributed by atoms with E-state index in [1.165, 1.54) is 32.1 Å². The largest absolute Gasteiger partial charge is 0.396 e. The maximum atomic E-state index is 9.20. The van der Waals surface area contributed by atoms with Gasteiger partial charge < -0.3 is 5.11 Å². The highest BCUT2D eigenvalue weighted by Crippen LogP contribution is 2.33. The summed E-state index contributed by atoms with van der Waals surface area (Å²) in [5.74, 6) is 2.27. The van der Waals surface area contributed by atoms with Gasteiger partial charge in [-0.15, -0.1) is 0 Å². The lowest BCUT2D eigenvalue weighted by Gasteiger charge is -2.21. The Labute approximate surface area is 76.2 Å². The highest BCUT2D eigenvalue weighted by Gasteiger charge is 2.23. The Morgan fingerprint density at radius 1 is 1.08 bits per heavy atom. The molecule has 1 rings (SSSR count). The molecule has 1 N–H and O–H groups in total. The van der Waals surface area contributed by atoms with Gasteiger partial charge in [0.2, 0.25) is 0 Å². The van der Waals surface area contributed by atoms with Crippen molar-refractivity contribution in [1.82, 2.24) is 0 Å². The van der Waals surface area contributed by atoms with E-state index in [1.807, 2.05) is 0 Å². The molecule has 0 aromatic heterocycles. The molecule has 1 heteroatoms. The zero-order chi connectivity index (χ0) is 8.97. The normalized spacial score (nSPS) is 37.8. The van der Waals surface area contributed by atoms with Crippen LogP contribution in [0.5, 0.6) is 0 Å². The van der Waals surface area contributed by atoms with Crippen molar-refractivity contribution >= 4 is 0 Å². The minimum atomic E-state index is 0.408. The summed E-state index contributed by atoms with van der Waals surface area (Å²) in [5, 5.41) is 9.20. The van der Waals surface area contributed by atoms with Crippen LogP contribution in [-0.2, 0) is 0 Å². The Balaban J connectivity index is 2.47. The number of rotatable bonds is 2. The van der Waals surface area contributed by atoms with E-state index in [0.717, 1.165) is 11.8 Å². The molecule has 0 radical (unpaired) electrons. The smallest absolute Gasteiger partial charge is 0.0461 e. The summed E-state index contributed by atoms with van der Waals surface area (Å²) < 4.78 is 0. The lowest BCUT2D eigenvalue weighted by molar-refractivity contribution is 0.164. The molecule has 1 aliphatic carbocycles. The van der Waals surface area contributed by atoms with Gasteiger partial charge in [-0.2, -0.15) is 0 Å². The summed E-state index contributed by atoms with van der Waals surface area (Å²) in [6.07, 6.45) is 6.52. The predicted octanol–water partition coefficient (Wildman–Crippen LogP) is 2.83. The monoisotopic (exact) mass is 170 g/mol. The van der Waals surface area contributed by atoms with Crippen molar-refractivity contribution in [3.05, 3.63) is 0 Å². The Morgan fingerprint density at radius 3 is 2.17 bits per heavy atom. The Morgan fingerprint density at radius 2 is 1.67 bits per heavy atom. The van der Waals surface area contributed by atoms with Crippen LogP contribution < -0.4 is 0 Å². The van der Waals surface area contributed by atoms with Crippen molar-refractivity contribution in [2.24, 2.45) is 17.8 Å². The van der Waals surface area contributed by atoms with Gasteiger partial charge in [0, 0.05) is 6.61 Å². The molecule has 1 nitrogen and oxygen atoms in total. The van der Waals surface area contributed by atoms with Crippen LogP contribution in [0.25, 0.3) is 0 Å². The van der Waals surface area contributed by atoms with E-state index in [1.54, 1.807) is 0 Å². The topological polar surface area (TPSA) is 20.2 Å². The molecule has 0 aromatic rings. The van der Waals surface area contributed by atoms with Gasteiger partial charge in [-0.3, -0.25) is 0 Å². The van der Waals surface area contributed by atoms with E-state index in [9.17, 15) is 5.11 Å². The van der Waals surface area contributed by atoms with Crippen molar-refractivity contribution in [2.45, 2.75) is 46.0 Å². The summed E-state index contributed by atoms with van der Waals surface area (Å²) in [6.45, 7) is 5.00. The fourth-order valence-electron chi connectivity index (χ4n) is 2.39. The molecule has 0 bridgehead atoms. The predicted molar refractivity (Wildman–Crippen MR) is 52.0 cm³/mol. The first-order valence-electron chi connectivity index (χ1n) is 5.38. The molecule has 72 valence electrons. The highest BCUT2D eigenvalue weighted by molar-refractivity contribution is 4.74. The molecule has 0 saturated heterocycles. The van der Waals surface area contributed by atoms with Gasteiger partial charge in [-0.05, 0) is 30.6 Å². The van der Waals surface area contributed by atoms with Crippen molar-refractivity contribution in [3.63, 3.8) is 0 Å². The van der Waals surface area contributed by atoms with Crippen LogP contribution in [0.1, 0.15) is 46.0 Å². The van der Waals surface area contributed by atoms with Crippen LogP contribution in [-0.4, -0.2) is 11.7 Å². The third kappa shape index (κ3) is 2.48. The molecule has 1 aliphatic rings. The summed E-state index contributed by atoms with van der Waals surface area (Å²) >= 11 is 0. The van der Waals surface area contributed by atoms with Crippen LogP contribution in [0.3, 0.4) is 0 Å². The molecule has 0 heterocycles. The summed E-state index contributed by atoms with van der Waals surface area (Å²) in [5.41, 5.74) is 0. The number of aliphatic hydroxyl groups excluding tert-OH is 1. The maximum Gasteiger partial charge on any atom is 0.0461 e. The van der Waals surface area contributed by atoms with Gasteiger partial charge in [-0.25, -0.2) is 0 Å². The molecular weight excluding hydrogens is 148 g/mol. The third-order valence-electron chi connectivity index (χ3n) is 3.49. The molecule has 3 atom stereocenters. The molecule has 0 amide bonds. The van der Waals surface area contributed by atoms with Crippen molar-refractivity contribution in [1.29, 1.82) is 0 Å². The summed E-state index contributed by atoms with van der Waals surface area (Å²) in [4.78, 5) is 0. The molecule has 1 saturated carbocycles. The zero-order valence-corrected chi connectivity index (χ0v) is 8.42. The SMILES string of the molecule is CCC1CCC(C)CCC1CO. The molecule has 12 heavy (non-hydrogen) atoms. The lowest BCUT2D eigenvalue weighted by Crippen LogP contribution is -2.16. The molecule has 3 unspecified atom stereocenters. The fraction of sp³-hybridized carbons (Fsp3) is 1.00. The molecule has 0 aromatic carbocycles. The Bertz CT molecular complexity index is 108. The summed E-state index contributed by atoms with van der Waals surface area (Å²) in [6, 6.07) is 0. The Kier molecular flexibility index (Phi) is 4.07. The minimum absolute atomic E-state index is 0.408. The molecular formula is C11H22O. The zero-order valence-electron chi connectivity index (χ0n) is 8.42. The second-order valence-corrected chi connectivity index (χ2v) is 4.37. The maximum absolute atomic E-state index is 9.20. The van der Waals surface area contributed by atoms with E-state index in [4.69, 9.17) is 0 Å². The summed E-state index contributed by atoms with van der Waals surface area (Å²) in [7, 11) is 0. The number of hydrogen-bond acceptors (Lipinski definition) is 1. The van der Waals surface area contributed by atoms with Crippen LogP contribution in [0.15, 0.2) is 0 Å². The number of hydrogen-bond donors (Lipinski definition) is 1. The molecule has 1 fully saturated rings. The van der Waals surface area contributed by atoms with Gasteiger partial charge >= 0.3 is 0 Å². The van der Waals surface area contributed by atoms with E-state index in [-0.39, 0.29) is 0 Å². The van der Waals surface area contributed by atoms with Gasteiger partial charge in [0.15, 0.2) is 0 Å². The first-order valence-corrected chi connectivity index (χ1v) is 5.38. The quantitative estimate of drug-likeness (QED) is 0.632. The van der Waals surface area contributed by atoms with Gasteiger partial charge in [0.25, 0.3) is 0 Å². The highest BCUT2D eigenvalue weighted by atomic mass is 16.3. The lowest BCUT2D eigenvalue weighted by atomic mass is 9.87. The first-order chi connectivity index (χ1) is 5.77. The molecule has 0 aliphatic heterocycles. The van der Waals surface area contributed by atoms with Crippen molar-refractivity contribution in [3.8, 4) is 0 Å². The minimum Gasteiger partial charge on any atom is -0.396 e. The van der Waals surface area contributed by atoms with E-state index in [2.05, 4.69) is 13.8 Å². The van der Waals surface area contributed by atoms with Crippen LogP contribution in [0.2, 0.25) is 0 Å². The first kappa shape index (κ1) is 10.0. The van der Waals surface area contributed by atoms with Crippen LogP contribution in [0.4, 0.5) is 0 Å². The van der Waals surface area contributed by atoms with E-state index >= 15 is 0 Å².